The minimum Gasteiger partial charge on any atom is -0.385 e. The molecule has 114 valence electrons. The van der Waals surface area contributed by atoms with Gasteiger partial charge in [0.05, 0.1) is 11.9 Å². The molecule has 1 heterocycles. The fourth-order valence-electron chi connectivity index (χ4n) is 1.37. The monoisotopic (exact) mass is 321 g/mol. The maximum atomic E-state index is 12.0. The number of rotatable bonds is 7. The van der Waals surface area contributed by atoms with Crippen LogP contribution in [0.5, 0.6) is 0 Å². The number of amides is 1. The van der Waals surface area contributed by atoms with Gasteiger partial charge in [0, 0.05) is 27.3 Å². The van der Waals surface area contributed by atoms with Crippen LogP contribution in [-0.2, 0) is 14.8 Å². The lowest BCUT2D eigenvalue weighted by molar-refractivity contribution is 0.0952. The standard InChI is InChI=1S/C11H19N3O4S2/c1-8-9(10(15)12-6-5-7-18-3)19-11(13-8)14(2)20(4,16)17/h5-7H2,1-4H3,(H,12,15). The van der Waals surface area contributed by atoms with E-state index in [4.69, 9.17) is 4.74 Å². The Balaban J connectivity index is 2.77. The van der Waals surface area contributed by atoms with Gasteiger partial charge >= 0.3 is 0 Å². The molecule has 0 aliphatic rings. The quantitative estimate of drug-likeness (QED) is 0.744. The number of aromatic nitrogens is 1. The van der Waals surface area contributed by atoms with Crippen LogP contribution in [-0.4, -0.2) is 52.9 Å². The number of ether oxygens (including phenoxy) is 1. The van der Waals surface area contributed by atoms with Crippen molar-refractivity contribution in [2.75, 3.05) is 37.9 Å². The normalized spacial score (nSPS) is 11.4. The average Bonchev–Trinajstić information content (AvgIpc) is 2.74. The molecule has 0 saturated heterocycles. The number of thiazole rings is 1. The number of hydrogen-bond donors (Lipinski definition) is 1. The molecule has 1 aromatic heterocycles. The Morgan fingerprint density at radius 3 is 2.70 bits per heavy atom. The zero-order valence-corrected chi connectivity index (χ0v) is 13.6. The van der Waals surface area contributed by atoms with E-state index < -0.39 is 10.0 Å². The molecule has 0 spiro atoms. The van der Waals surface area contributed by atoms with Crippen molar-refractivity contribution in [2.24, 2.45) is 0 Å². The maximum Gasteiger partial charge on any atom is 0.263 e. The van der Waals surface area contributed by atoms with Gasteiger partial charge in [-0.15, -0.1) is 0 Å². The Labute approximate surface area is 123 Å². The van der Waals surface area contributed by atoms with Crippen LogP contribution >= 0.6 is 11.3 Å². The molecule has 0 atom stereocenters. The highest BCUT2D eigenvalue weighted by Gasteiger charge is 2.21. The van der Waals surface area contributed by atoms with Gasteiger partial charge in [-0.25, -0.2) is 17.7 Å². The van der Waals surface area contributed by atoms with Gasteiger partial charge < -0.3 is 10.1 Å². The number of aryl methyl sites for hydroxylation is 1. The third-order valence-corrected chi connectivity index (χ3v) is 5.09. The Bertz CT molecular complexity index is 568. The number of hydrogen-bond acceptors (Lipinski definition) is 6. The molecule has 0 aliphatic heterocycles. The number of nitrogens with zero attached hydrogens (tertiary/aromatic N) is 2. The van der Waals surface area contributed by atoms with Crippen molar-refractivity contribution in [1.29, 1.82) is 0 Å². The smallest absolute Gasteiger partial charge is 0.263 e. The van der Waals surface area contributed by atoms with Gasteiger partial charge in [0.2, 0.25) is 10.0 Å². The fourth-order valence-corrected chi connectivity index (χ4v) is 3.06. The molecule has 1 rings (SSSR count). The number of nitrogens with one attached hydrogen (secondary N) is 1. The number of carbonyl (C=O) groups excluding carboxylic acids is 1. The third kappa shape index (κ3) is 4.43. The zero-order valence-electron chi connectivity index (χ0n) is 12.0. The van der Waals surface area contributed by atoms with E-state index >= 15 is 0 Å². The molecule has 0 saturated carbocycles. The molecule has 7 nitrogen and oxygen atoms in total. The number of methoxy groups -OCH3 is 1. The summed E-state index contributed by atoms with van der Waals surface area (Å²) in [5.41, 5.74) is 0.518. The van der Waals surface area contributed by atoms with Crippen molar-refractivity contribution in [1.82, 2.24) is 10.3 Å². The van der Waals surface area contributed by atoms with Gasteiger partial charge in [0.25, 0.3) is 5.91 Å². The lowest BCUT2D eigenvalue weighted by atomic mass is 10.3. The molecule has 1 N–H and O–H groups in total. The summed E-state index contributed by atoms with van der Waals surface area (Å²) in [6.07, 6.45) is 1.81. The van der Waals surface area contributed by atoms with Crippen LogP contribution in [0.2, 0.25) is 0 Å². The molecule has 9 heteroatoms. The summed E-state index contributed by atoms with van der Waals surface area (Å²) in [5, 5.41) is 3.03. The average molecular weight is 321 g/mol. The van der Waals surface area contributed by atoms with Gasteiger partial charge in [0.1, 0.15) is 4.88 Å². The highest BCUT2D eigenvalue weighted by atomic mass is 32.2. The Hall–Kier alpha value is -1.19. The number of anilines is 1. The van der Waals surface area contributed by atoms with Crippen LogP contribution in [0.4, 0.5) is 5.13 Å². The van der Waals surface area contributed by atoms with Crippen LogP contribution in [0.25, 0.3) is 0 Å². The predicted octanol–water partition coefficient (Wildman–Crippen LogP) is 0.614. The Kier molecular flexibility index (Phi) is 5.90. The molecule has 1 aromatic rings. The molecule has 0 aromatic carbocycles. The topological polar surface area (TPSA) is 88.6 Å². The minimum absolute atomic E-state index is 0.246. The van der Waals surface area contributed by atoms with Gasteiger partial charge in [-0.1, -0.05) is 11.3 Å². The molecular weight excluding hydrogens is 302 g/mol. The Morgan fingerprint density at radius 2 is 2.15 bits per heavy atom. The van der Waals surface area contributed by atoms with Crippen LogP contribution in [0, 0.1) is 6.92 Å². The highest BCUT2D eigenvalue weighted by molar-refractivity contribution is 7.92. The SMILES string of the molecule is COCCCNC(=O)c1sc(N(C)S(C)(=O)=O)nc1C. The zero-order chi connectivity index (χ0) is 15.3. The molecular formula is C11H19N3O4S2. The molecule has 0 radical (unpaired) electrons. The molecule has 20 heavy (non-hydrogen) atoms. The van der Waals surface area contributed by atoms with Crippen molar-refractivity contribution in [3.05, 3.63) is 10.6 Å². The second-order valence-electron chi connectivity index (χ2n) is 4.24. The minimum atomic E-state index is -3.38. The molecule has 0 bridgehead atoms. The summed E-state index contributed by atoms with van der Waals surface area (Å²) in [7, 11) is -0.366. The first-order chi connectivity index (χ1) is 9.27. The first-order valence-corrected chi connectivity index (χ1v) is 8.62. The number of sulfonamides is 1. The van der Waals surface area contributed by atoms with Crippen LogP contribution < -0.4 is 9.62 Å². The van der Waals surface area contributed by atoms with E-state index in [0.717, 1.165) is 28.3 Å². The summed E-state index contributed by atoms with van der Waals surface area (Å²) in [6.45, 7) is 2.76. The molecule has 0 aliphatic carbocycles. The fraction of sp³-hybridized carbons (Fsp3) is 0.636. The van der Waals surface area contributed by atoms with E-state index in [1.54, 1.807) is 14.0 Å². The largest absolute Gasteiger partial charge is 0.385 e. The summed E-state index contributed by atoms with van der Waals surface area (Å²) < 4.78 is 28.8. The highest BCUT2D eigenvalue weighted by Crippen LogP contribution is 2.26. The molecule has 1 amide bonds. The van der Waals surface area contributed by atoms with Gasteiger partial charge in [-0.3, -0.25) is 4.79 Å². The second-order valence-corrected chi connectivity index (χ2v) is 7.23. The molecule has 0 fully saturated rings. The summed E-state index contributed by atoms with van der Waals surface area (Å²) in [4.78, 5) is 16.5. The van der Waals surface area contributed by atoms with Crippen molar-refractivity contribution in [3.63, 3.8) is 0 Å². The van der Waals surface area contributed by atoms with Crippen molar-refractivity contribution < 1.29 is 17.9 Å². The van der Waals surface area contributed by atoms with Crippen LogP contribution in [0.3, 0.4) is 0 Å². The lowest BCUT2D eigenvalue weighted by Crippen LogP contribution is -2.25. The van der Waals surface area contributed by atoms with E-state index in [1.807, 2.05) is 0 Å². The van der Waals surface area contributed by atoms with E-state index in [2.05, 4.69) is 10.3 Å². The van der Waals surface area contributed by atoms with Crippen molar-refractivity contribution in [2.45, 2.75) is 13.3 Å². The summed E-state index contributed by atoms with van der Waals surface area (Å²) in [6, 6.07) is 0. The first-order valence-electron chi connectivity index (χ1n) is 5.96. The summed E-state index contributed by atoms with van der Waals surface area (Å²) in [5.74, 6) is -0.246. The maximum absolute atomic E-state index is 12.0. The van der Waals surface area contributed by atoms with E-state index in [9.17, 15) is 13.2 Å². The van der Waals surface area contributed by atoms with Gasteiger partial charge in [0.15, 0.2) is 5.13 Å². The van der Waals surface area contributed by atoms with Gasteiger partial charge in [-0.05, 0) is 13.3 Å². The first kappa shape index (κ1) is 16.9. The lowest BCUT2D eigenvalue weighted by Gasteiger charge is -2.11. The molecule has 0 unspecified atom stereocenters. The van der Waals surface area contributed by atoms with Gasteiger partial charge in [-0.2, -0.15) is 0 Å². The predicted molar refractivity (Wildman–Crippen MR) is 78.9 cm³/mol. The van der Waals surface area contributed by atoms with E-state index in [-0.39, 0.29) is 11.0 Å². The Morgan fingerprint density at radius 1 is 1.50 bits per heavy atom. The van der Waals surface area contributed by atoms with E-state index in [1.165, 1.54) is 7.05 Å². The van der Waals surface area contributed by atoms with Crippen molar-refractivity contribution >= 4 is 32.4 Å². The third-order valence-electron chi connectivity index (χ3n) is 2.57. The second kappa shape index (κ2) is 7.00. The van der Waals surface area contributed by atoms with E-state index in [0.29, 0.717) is 23.7 Å². The van der Waals surface area contributed by atoms with Crippen LogP contribution in [0.15, 0.2) is 0 Å². The number of carbonyl (C=O) groups is 1. The van der Waals surface area contributed by atoms with Crippen LogP contribution in [0.1, 0.15) is 21.8 Å². The van der Waals surface area contributed by atoms with Crippen molar-refractivity contribution in [3.8, 4) is 0 Å². The summed E-state index contributed by atoms with van der Waals surface area (Å²) >= 11 is 1.06.